The third-order valence-corrected chi connectivity index (χ3v) is 0. The van der Waals surface area contributed by atoms with Gasteiger partial charge in [-0.05, 0) is 0 Å². The second kappa shape index (κ2) is 40.1. The van der Waals surface area contributed by atoms with E-state index in [2.05, 4.69) is 0 Å². The van der Waals surface area contributed by atoms with Gasteiger partial charge in [0.25, 0.3) is 0 Å². The molecule has 0 aromatic carbocycles. The molecule has 2 N–H and O–H groups in total. The molecular weight excluding hydrogens is 149 g/mol. The Labute approximate surface area is 44.0 Å². The molecule has 0 bridgehead atoms. The van der Waals surface area contributed by atoms with Crippen molar-refractivity contribution in [2.75, 3.05) is 0 Å². The average molecular weight is 151 g/mol. The van der Waals surface area contributed by atoms with Crippen LogP contribution in [0.5, 0.6) is 0 Å². The maximum absolute atomic E-state index is 6.00. The fraction of sp³-hybridized carbons (Fsp3) is 0. The van der Waals surface area contributed by atoms with Crippen molar-refractivity contribution in [3.63, 3.8) is 0 Å². The Morgan fingerprint density at radius 3 is 0.750 bits per heavy atom. The van der Waals surface area contributed by atoms with Crippen LogP contribution in [0, 0.1) is 0 Å². The van der Waals surface area contributed by atoms with Gasteiger partial charge in [-0.25, -0.2) is 0 Å². The van der Waals surface area contributed by atoms with Crippen molar-refractivity contribution in [3.8, 4) is 0 Å². The van der Waals surface area contributed by atoms with Crippen LogP contribution >= 0.6 is 0 Å². The normalized spacial score (nSPS) is 1.50. The molecule has 0 amide bonds. The van der Waals surface area contributed by atoms with E-state index in [0.717, 1.165) is 0 Å². The van der Waals surface area contributed by atoms with Crippen molar-refractivity contribution < 1.29 is 43.5 Å². The quantitative estimate of drug-likeness (QED) is 0.291. The number of hydrogen-bond acceptors (Lipinski definition) is 2. The van der Waals surface area contributed by atoms with Crippen LogP contribution in [-0.2, 0) is 33.0 Å². The van der Waals surface area contributed by atoms with Crippen LogP contribution in [0.3, 0.4) is 0 Å². The summed E-state index contributed by atoms with van der Waals surface area (Å²) in [6, 6.07) is 0. The van der Waals surface area contributed by atoms with E-state index < -0.39 is 0 Å². The topological polar surface area (TPSA) is 40.5 Å². The van der Waals surface area contributed by atoms with E-state index >= 15 is 0 Å². The van der Waals surface area contributed by atoms with Gasteiger partial charge in [-0.2, -0.15) is 0 Å². The Hall–Kier alpha value is 0.907. The summed E-state index contributed by atoms with van der Waals surface area (Å²) in [4.78, 5) is 0. The SMILES string of the molecule is OO.[Ni].[Ni]. The molecule has 0 spiro atoms. The summed E-state index contributed by atoms with van der Waals surface area (Å²) in [5, 5.41) is 12.0. The zero-order valence-electron chi connectivity index (χ0n) is 1.53. The molecular formula is H2Ni2O2. The van der Waals surface area contributed by atoms with Gasteiger partial charge in [0.2, 0.25) is 0 Å². The smallest absolute Gasteiger partial charge is 0 e. The monoisotopic (exact) mass is 150 g/mol. The van der Waals surface area contributed by atoms with E-state index in [1.54, 1.807) is 0 Å². The van der Waals surface area contributed by atoms with Gasteiger partial charge in [-0.3, -0.25) is 10.5 Å². The molecule has 0 aliphatic rings. The van der Waals surface area contributed by atoms with Crippen LogP contribution < -0.4 is 0 Å². The molecule has 0 unspecified atom stereocenters. The van der Waals surface area contributed by atoms with E-state index in [0.29, 0.717) is 0 Å². The Kier molecular flexibility index (Phi) is 207. The van der Waals surface area contributed by atoms with Gasteiger partial charge in [-0.15, -0.1) is 0 Å². The van der Waals surface area contributed by atoms with Gasteiger partial charge in [0.15, 0.2) is 0 Å². The average Bonchev–Trinajstić information content (AvgIpc) is 1.00. The first-order valence-electron chi connectivity index (χ1n) is 0.200. The number of hydrogen-bond donors (Lipinski definition) is 2. The predicted octanol–water partition coefficient (Wildman–Crippen LogP) is 0.0124. The van der Waals surface area contributed by atoms with Crippen molar-refractivity contribution in [3.05, 3.63) is 0 Å². The maximum Gasteiger partial charge on any atom is 0 e. The predicted molar refractivity (Wildman–Crippen MR) is 5.26 cm³/mol. The Morgan fingerprint density at radius 2 is 0.750 bits per heavy atom. The zero-order valence-corrected chi connectivity index (χ0v) is 3.50. The fourth-order valence-electron chi connectivity index (χ4n) is 0. The van der Waals surface area contributed by atoms with E-state index in [1.807, 2.05) is 0 Å². The van der Waals surface area contributed by atoms with E-state index in [9.17, 15) is 0 Å². The largest absolute Gasteiger partial charge is 0.255 e. The first-order chi connectivity index (χ1) is 1.00. The molecule has 0 saturated heterocycles. The minimum absolute atomic E-state index is 0. The van der Waals surface area contributed by atoms with E-state index in [4.69, 9.17) is 10.5 Å². The molecule has 0 radical (unpaired) electrons. The maximum atomic E-state index is 6.00. The van der Waals surface area contributed by atoms with Crippen LogP contribution in [0.4, 0.5) is 0 Å². The van der Waals surface area contributed by atoms with Crippen LogP contribution in [-0.4, -0.2) is 10.5 Å². The van der Waals surface area contributed by atoms with Gasteiger partial charge < -0.3 is 0 Å². The molecule has 4 heavy (non-hydrogen) atoms. The van der Waals surface area contributed by atoms with Crippen molar-refractivity contribution in [2.45, 2.75) is 0 Å². The summed E-state index contributed by atoms with van der Waals surface area (Å²) in [5.74, 6) is 0. The molecule has 0 heterocycles. The third-order valence-electron chi connectivity index (χ3n) is 0. The summed E-state index contributed by atoms with van der Waals surface area (Å²) in [6.07, 6.45) is 0. The van der Waals surface area contributed by atoms with Crippen molar-refractivity contribution in [1.82, 2.24) is 0 Å². The van der Waals surface area contributed by atoms with E-state index in [1.165, 1.54) is 0 Å². The summed E-state index contributed by atoms with van der Waals surface area (Å²) in [5.41, 5.74) is 0. The minimum atomic E-state index is 0. The first-order valence-corrected chi connectivity index (χ1v) is 0.200. The molecule has 4 heteroatoms. The molecule has 0 rings (SSSR count). The molecule has 0 aromatic rings. The van der Waals surface area contributed by atoms with Crippen LogP contribution in [0.15, 0.2) is 0 Å². The molecule has 34 valence electrons. The molecule has 0 fully saturated rings. The van der Waals surface area contributed by atoms with Crippen LogP contribution in [0.25, 0.3) is 0 Å². The molecule has 2 nitrogen and oxygen atoms in total. The second-order valence-corrected chi connectivity index (χ2v) is 0. The summed E-state index contributed by atoms with van der Waals surface area (Å²) in [7, 11) is 0. The molecule has 0 aromatic heterocycles. The fourth-order valence-corrected chi connectivity index (χ4v) is 0. The van der Waals surface area contributed by atoms with Crippen LogP contribution in [0.2, 0.25) is 0 Å². The van der Waals surface area contributed by atoms with Gasteiger partial charge in [-0.1, -0.05) is 0 Å². The molecule has 0 atom stereocenters. The van der Waals surface area contributed by atoms with Crippen molar-refractivity contribution in [1.29, 1.82) is 0 Å². The van der Waals surface area contributed by atoms with Crippen molar-refractivity contribution >= 4 is 0 Å². The Bertz CT molecular complexity index is 4.00. The molecule has 0 saturated carbocycles. The van der Waals surface area contributed by atoms with Gasteiger partial charge in [0, 0.05) is 33.0 Å². The third kappa shape index (κ3) is 12.9. The molecule has 0 aliphatic heterocycles. The van der Waals surface area contributed by atoms with Gasteiger partial charge >= 0.3 is 0 Å². The van der Waals surface area contributed by atoms with Crippen molar-refractivity contribution in [2.24, 2.45) is 0 Å². The Morgan fingerprint density at radius 1 is 0.750 bits per heavy atom. The summed E-state index contributed by atoms with van der Waals surface area (Å²) in [6.45, 7) is 0. The summed E-state index contributed by atoms with van der Waals surface area (Å²) >= 11 is 0. The van der Waals surface area contributed by atoms with E-state index in [-0.39, 0.29) is 33.0 Å². The standard InChI is InChI=1S/2Ni.H2O2/c;;1-2/h;;1-2H. The number of rotatable bonds is 0. The second-order valence-electron chi connectivity index (χ2n) is 0. The van der Waals surface area contributed by atoms with Crippen LogP contribution in [0.1, 0.15) is 0 Å². The molecule has 0 aliphatic carbocycles. The van der Waals surface area contributed by atoms with Gasteiger partial charge in [0.05, 0.1) is 0 Å². The minimum Gasteiger partial charge on any atom is -0.255 e. The zero-order chi connectivity index (χ0) is 2.00. The summed E-state index contributed by atoms with van der Waals surface area (Å²) < 4.78 is 0. The van der Waals surface area contributed by atoms with Gasteiger partial charge in [0.1, 0.15) is 0 Å². The first kappa shape index (κ1) is 20.6. The Balaban J connectivity index is -0.00000000500.